The summed E-state index contributed by atoms with van der Waals surface area (Å²) in [5.41, 5.74) is -0.700. The second-order valence-electron chi connectivity index (χ2n) is 4.28. The van der Waals surface area contributed by atoms with Crippen LogP contribution in [0, 0.1) is 24.4 Å². The summed E-state index contributed by atoms with van der Waals surface area (Å²) < 4.78 is 77.1. The largest absolute Gasteiger partial charge is 0.416 e. The smallest absolute Gasteiger partial charge is 0.204 e. The zero-order valence-corrected chi connectivity index (χ0v) is 10.2. The van der Waals surface area contributed by atoms with Crippen LogP contribution in [0.15, 0.2) is 30.3 Å². The highest BCUT2D eigenvalue weighted by molar-refractivity contribution is 5.68. The van der Waals surface area contributed by atoms with Gasteiger partial charge in [0.05, 0.1) is 5.56 Å². The number of alkyl halides is 3. The van der Waals surface area contributed by atoms with Crippen LogP contribution in [0.4, 0.5) is 26.3 Å². The first kappa shape index (κ1) is 14.4. The van der Waals surface area contributed by atoms with Crippen molar-refractivity contribution >= 4 is 0 Å². The first-order valence-electron chi connectivity index (χ1n) is 5.53. The van der Waals surface area contributed by atoms with E-state index < -0.39 is 29.2 Å². The molecule has 0 aliphatic carbocycles. The summed E-state index contributed by atoms with van der Waals surface area (Å²) in [5.74, 6) is -4.55. The first-order chi connectivity index (χ1) is 9.20. The lowest BCUT2D eigenvalue weighted by molar-refractivity contribution is -0.137. The van der Waals surface area contributed by atoms with E-state index in [2.05, 4.69) is 0 Å². The molecule has 0 nitrogen and oxygen atoms in total. The van der Waals surface area contributed by atoms with E-state index in [9.17, 15) is 26.3 Å². The van der Waals surface area contributed by atoms with Gasteiger partial charge in [0.2, 0.25) is 0 Å². The van der Waals surface area contributed by atoms with E-state index in [1.165, 1.54) is 13.0 Å². The Balaban J connectivity index is 2.63. The number of hydrogen-bond donors (Lipinski definition) is 0. The summed E-state index contributed by atoms with van der Waals surface area (Å²) >= 11 is 0. The Morgan fingerprint density at radius 2 is 1.40 bits per heavy atom. The first-order valence-corrected chi connectivity index (χ1v) is 5.53. The van der Waals surface area contributed by atoms with E-state index in [0.29, 0.717) is 17.7 Å². The van der Waals surface area contributed by atoms with Crippen LogP contribution in [-0.4, -0.2) is 0 Å². The Morgan fingerprint density at radius 1 is 0.850 bits per heavy atom. The molecule has 0 unspecified atom stereocenters. The Morgan fingerprint density at radius 3 is 1.90 bits per heavy atom. The molecule has 2 aromatic carbocycles. The van der Waals surface area contributed by atoms with Crippen LogP contribution in [0.2, 0.25) is 0 Å². The monoisotopic (exact) mass is 290 g/mol. The van der Waals surface area contributed by atoms with Gasteiger partial charge in [-0.3, -0.25) is 0 Å². The molecule has 0 aliphatic rings. The van der Waals surface area contributed by atoms with Crippen LogP contribution in [-0.2, 0) is 6.18 Å². The second-order valence-corrected chi connectivity index (χ2v) is 4.28. The molecule has 0 spiro atoms. The number of aryl methyl sites for hydroxylation is 1. The van der Waals surface area contributed by atoms with Crippen molar-refractivity contribution < 1.29 is 26.3 Å². The summed E-state index contributed by atoms with van der Waals surface area (Å²) in [4.78, 5) is 0. The lowest BCUT2D eigenvalue weighted by atomic mass is 9.97. The molecule has 20 heavy (non-hydrogen) atoms. The SMILES string of the molecule is Cc1ccc(C(F)(F)F)cc1-c1cc(F)c(F)c(F)c1. The summed E-state index contributed by atoms with van der Waals surface area (Å²) in [7, 11) is 0. The maximum absolute atomic E-state index is 13.2. The van der Waals surface area contributed by atoms with Crippen LogP contribution in [0.3, 0.4) is 0 Å². The highest BCUT2D eigenvalue weighted by Gasteiger charge is 2.31. The normalized spacial score (nSPS) is 11.8. The molecule has 0 bridgehead atoms. The van der Waals surface area contributed by atoms with Crippen LogP contribution >= 0.6 is 0 Å². The van der Waals surface area contributed by atoms with E-state index in [1.807, 2.05) is 0 Å². The molecule has 0 heterocycles. The average molecular weight is 290 g/mol. The third kappa shape index (κ3) is 2.64. The topological polar surface area (TPSA) is 0 Å². The van der Waals surface area contributed by atoms with Gasteiger partial charge in [-0.05, 0) is 47.9 Å². The van der Waals surface area contributed by atoms with Gasteiger partial charge in [0.15, 0.2) is 17.5 Å². The minimum atomic E-state index is -4.57. The van der Waals surface area contributed by atoms with E-state index in [1.54, 1.807) is 0 Å². The van der Waals surface area contributed by atoms with E-state index in [-0.39, 0.29) is 11.1 Å². The number of halogens is 6. The summed E-state index contributed by atoms with van der Waals surface area (Å²) in [6.07, 6.45) is -4.57. The van der Waals surface area contributed by atoms with Crippen LogP contribution in [0.1, 0.15) is 11.1 Å². The zero-order chi connectivity index (χ0) is 15.1. The fourth-order valence-corrected chi connectivity index (χ4v) is 1.82. The molecule has 2 rings (SSSR count). The molecular formula is C14H8F6. The molecule has 0 atom stereocenters. The van der Waals surface area contributed by atoms with Crippen LogP contribution in [0.5, 0.6) is 0 Å². The number of benzene rings is 2. The Labute approximate surface area is 110 Å². The molecule has 0 aliphatic heterocycles. The van der Waals surface area contributed by atoms with Gasteiger partial charge < -0.3 is 0 Å². The van der Waals surface area contributed by atoms with Crippen molar-refractivity contribution in [1.82, 2.24) is 0 Å². The number of rotatable bonds is 1. The molecule has 0 aromatic heterocycles. The summed E-state index contributed by atoms with van der Waals surface area (Å²) in [6.45, 7) is 1.49. The van der Waals surface area contributed by atoms with Gasteiger partial charge in [-0.15, -0.1) is 0 Å². The third-order valence-electron chi connectivity index (χ3n) is 2.86. The molecule has 6 heteroatoms. The van der Waals surface area contributed by atoms with Gasteiger partial charge in [-0.25, -0.2) is 13.2 Å². The molecular weight excluding hydrogens is 282 g/mol. The van der Waals surface area contributed by atoms with Gasteiger partial charge in [-0.1, -0.05) is 6.07 Å². The maximum atomic E-state index is 13.2. The lowest BCUT2D eigenvalue weighted by Gasteiger charge is -2.12. The molecule has 0 saturated heterocycles. The fourth-order valence-electron chi connectivity index (χ4n) is 1.82. The van der Waals surface area contributed by atoms with Gasteiger partial charge in [-0.2, -0.15) is 13.2 Å². The summed E-state index contributed by atoms with van der Waals surface area (Å²) in [6, 6.07) is 4.18. The Hall–Kier alpha value is -1.98. The quantitative estimate of drug-likeness (QED) is 0.506. The lowest BCUT2D eigenvalue weighted by Crippen LogP contribution is -2.05. The molecule has 0 fully saturated rings. The molecule has 0 amide bonds. The van der Waals surface area contributed by atoms with E-state index >= 15 is 0 Å². The van der Waals surface area contributed by atoms with Crippen molar-refractivity contribution in [2.45, 2.75) is 13.1 Å². The molecule has 0 radical (unpaired) electrons. The van der Waals surface area contributed by atoms with Crippen molar-refractivity contribution in [2.24, 2.45) is 0 Å². The van der Waals surface area contributed by atoms with Crippen molar-refractivity contribution in [3.63, 3.8) is 0 Å². The number of hydrogen-bond acceptors (Lipinski definition) is 0. The molecule has 0 N–H and O–H groups in total. The Kier molecular flexibility index (Phi) is 3.50. The highest BCUT2D eigenvalue weighted by Crippen LogP contribution is 2.34. The van der Waals surface area contributed by atoms with E-state index in [4.69, 9.17) is 0 Å². The predicted octanol–water partition coefficient (Wildman–Crippen LogP) is 5.10. The van der Waals surface area contributed by atoms with Crippen molar-refractivity contribution in [3.05, 3.63) is 58.9 Å². The van der Waals surface area contributed by atoms with Crippen molar-refractivity contribution in [3.8, 4) is 11.1 Å². The maximum Gasteiger partial charge on any atom is 0.416 e. The highest BCUT2D eigenvalue weighted by atomic mass is 19.4. The average Bonchev–Trinajstić information content (AvgIpc) is 2.34. The van der Waals surface area contributed by atoms with Crippen molar-refractivity contribution in [2.75, 3.05) is 0 Å². The second kappa shape index (κ2) is 4.85. The van der Waals surface area contributed by atoms with Crippen molar-refractivity contribution in [1.29, 1.82) is 0 Å². The summed E-state index contributed by atoms with van der Waals surface area (Å²) in [5, 5.41) is 0. The fraction of sp³-hybridized carbons (Fsp3) is 0.143. The predicted molar refractivity (Wildman–Crippen MR) is 61.5 cm³/mol. The molecule has 0 saturated carbocycles. The van der Waals surface area contributed by atoms with Gasteiger partial charge in [0, 0.05) is 0 Å². The Bertz CT molecular complexity index is 634. The van der Waals surface area contributed by atoms with Crippen LogP contribution < -0.4 is 0 Å². The van der Waals surface area contributed by atoms with Gasteiger partial charge in [0.1, 0.15) is 0 Å². The molecule has 106 valence electrons. The van der Waals surface area contributed by atoms with E-state index in [0.717, 1.165) is 12.1 Å². The van der Waals surface area contributed by atoms with Gasteiger partial charge >= 0.3 is 6.18 Å². The van der Waals surface area contributed by atoms with Crippen LogP contribution in [0.25, 0.3) is 11.1 Å². The third-order valence-corrected chi connectivity index (χ3v) is 2.86. The zero-order valence-electron chi connectivity index (χ0n) is 10.2. The molecule has 2 aromatic rings. The standard InChI is InChI=1S/C14H8F6/c1-7-2-3-9(14(18,19)20)6-10(7)8-4-11(15)13(17)12(16)5-8/h2-6H,1H3. The minimum Gasteiger partial charge on any atom is -0.204 e. The minimum absolute atomic E-state index is 0.00220. The van der Waals surface area contributed by atoms with Gasteiger partial charge in [0.25, 0.3) is 0 Å².